The summed E-state index contributed by atoms with van der Waals surface area (Å²) in [5.41, 5.74) is 7.23. The highest BCUT2D eigenvalue weighted by molar-refractivity contribution is 5.85. The zero-order valence-corrected chi connectivity index (χ0v) is 5.59. The van der Waals surface area contributed by atoms with Crippen molar-refractivity contribution >= 4 is 11.7 Å². The van der Waals surface area contributed by atoms with E-state index in [0.29, 0.717) is 5.71 Å². The van der Waals surface area contributed by atoms with Crippen LogP contribution in [0.3, 0.4) is 0 Å². The summed E-state index contributed by atoms with van der Waals surface area (Å²) in [6.07, 6.45) is 0.195. The van der Waals surface area contributed by atoms with Crippen LogP contribution in [0.15, 0.2) is 5.10 Å². The molecule has 0 aromatic heterocycles. The molecule has 0 spiro atoms. The van der Waals surface area contributed by atoms with Crippen molar-refractivity contribution < 1.29 is 4.79 Å². The first-order valence-electron chi connectivity index (χ1n) is 2.62. The Labute approximate surface area is 58.5 Å². The molecule has 0 saturated carbocycles. The van der Waals surface area contributed by atoms with E-state index in [1.54, 1.807) is 6.92 Å². The quantitative estimate of drug-likeness (QED) is 0.415. The Morgan fingerprint density at radius 1 is 1.90 bits per heavy atom. The number of primary amides is 1. The van der Waals surface area contributed by atoms with E-state index in [9.17, 15) is 4.79 Å². The zero-order chi connectivity index (χ0) is 7.98. The lowest BCUT2D eigenvalue weighted by atomic mass is 10.3. The normalized spacial score (nSPS) is 10.2. The van der Waals surface area contributed by atoms with Crippen LogP contribution >= 0.6 is 0 Å². The minimum atomic E-state index is -0.725. The van der Waals surface area contributed by atoms with E-state index in [4.69, 9.17) is 11.0 Å². The molecule has 54 valence electrons. The van der Waals surface area contributed by atoms with E-state index in [0.717, 1.165) is 0 Å². The monoisotopic (exact) mass is 140 g/mol. The lowest BCUT2D eigenvalue weighted by molar-refractivity contribution is 0.249. The molecule has 0 aliphatic heterocycles. The van der Waals surface area contributed by atoms with Crippen molar-refractivity contribution in [3.05, 3.63) is 0 Å². The number of rotatable bonds is 2. The van der Waals surface area contributed by atoms with Gasteiger partial charge >= 0.3 is 6.03 Å². The van der Waals surface area contributed by atoms with Crippen molar-refractivity contribution in [2.45, 2.75) is 13.3 Å². The van der Waals surface area contributed by atoms with Gasteiger partial charge in [0.15, 0.2) is 0 Å². The molecule has 0 unspecified atom stereocenters. The number of hydrogen-bond donors (Lipinski definition) is 2. The van der Waals surface area contributed by atoms with Crippen LogP contribution in [-0.2, 0) is 0 Å². The van der Waals surface area contributed by atoms with Crippen LogP contribution in [0.2, 0.25) is 0 Å². The van der Waals surface area contributed by atoms with Crippen molar-refractivity contribution in [2.24, 2.45) is 10.8 Å². The third-order valence-electron chi connectivity index (χ3n) is 0.692. The molecule has 0 bridgehead atoms. The number of hydrogen-bond acceptors (Lipinski definition) is 3. The van der Waals surface area contributed by atoms with Crippen molar-refractivity contribution in [1.82, 2.24) is 5.43 Å². The number of carbonyl (C=O) groups excluding carboxylic acids is 1. The summed E-state index contributed by atoms with van der Waals surface area (Å²) in [5.74, 6) is 0. The van der Waals surface area contributed by atoms with E-state index in [-0.39, 0.29) is 6.42 Å². The molecule has 0 aliphatic rings. The van der Waals surface area contributed by atoms with Crippen LogP contribution < -0.4 is 11.2 Å². The average molecular weight is 140 g/mol. The third-order valence-corrected chi connectivity index (χ3v) is 0.692. The summed E-state index contributed by atoms with van der Waals surface area (Å²) >= 11 is 0. The molecule has 0 radical (unpaired) electrons. The summed E-state index contributed by atoms with van der Waals surface area (Å²) in [5, 5.41) is 11.6. The van der Waals surface area contributed by atoms with Gasteiger partial charge in [0.2, 0.25) is 0 Å². The van der Waals surface area contributed by atoms with Gasteiger partial charge in [-0.15, -0.1) is 0 Å². The zero-order valence-electron chi connectivity index (χ0n) is 5.59. The highest BCUT2D eigenvalue weighted by Gasteiger charge is 1.89. The average Bonchev–Trinajstić information content (AvgIpc) is 1.85. The van der Waals surface area contributed by atoms with Gasteiger partial charge in [-0.05, 0) is 6.92 Å². The predicted molar refractivity (Wildman–Crippen MR) is 36.1 cm³/mol. The van der Waals surface area contributed by atoms with Crippen molar-refractivity contribution in [3.63, 3.8) is 0 Å². The minimum Gasteiger partial charge on any atom is -0.350 e. The van der Waals surface area contributed by atoms with E-state index in [2.05, 4.69) is 5.10 Å². The summed E-state index contributed by atoms with van der Waals surface area (Å²) in [6.45, 7) is 1.62. The largest absolute Gasteiger partial charge is 0.350 e. The van der Waals surface area contributed by atoms with Gasteiger partial charge in [-0.1, -0.05) is 0 Å². The van der Waals surface area contributed by atoms with Gasteiger partial charge in [0.1, 0.15) is 0 Å². The minimum absolute atomic E-state index is 0.195. The molecule has 0 fully saturated rings. The molecule has 0 saturated heterocycles. The Morgan fingerprint density at radius 2 is 2.50 bits per heavy atom. The second kappa shape index (κ2) is 4.32. The van der Waals surface area contributed by atoms with E-state index in [1.807, 2.05) is 11.5 Å². The van der Waals surface area contributed by atoms with Gasteiger partial charge in [-0.25, -0.2) is 10.2 Å². The molecule has 0 heterocycles. The summed E-state index contributed by atoms with van der Waals surface area (Å²) < 4.78 is 0. The summed E-state index contributed by atoms with van der Waals surface area (Å²) in [7, 11) is 0. The first-order chi connectivity index (χ1) is 4.66. The molecular formula is C5H8N4O. The van der Waals surface area contributed by atoms with Crippen LogP contribution in [0, 0.1) is 11.3 Å². The van der Waals surface area contributed by atoms with Crippen LogP contribution in [0.25, 0.3) is 0 Å². The molecule has 0 aliphatic carbocycles. The van der Waals surface area contributed by atoms with Gasteiger partial charge < -0.3 is 5.73 Å². The van der Waals surface area contributed by atoms with Gasteiger partial charge in [-0.3, -0.25) is 0 Å². The summed E-state index contributed by atoms with van der Waals surface area (Å²) in [6, 6.07) is 1.14. The number of urea groups is 1. The lowest BCUT2D eigenvalue weighted by Gasteiger charge is -1.92. The lowest BCUT2D eigenvalue weighted by Crippen LogP contribution is -2.25. The topological polar surface area (TPSA) is 91.3 Å². The van der Waals surface area contributed by atoms with E-state index in [1.165, 1.54) is 0 Å². The Morgan fingerprint density at radius 3 is 2.90 bits per heavy atom. The number of nitriles is 1. The number of hydrazone groups is 1. The number of nitrogens with two attached hydrogens (primary N) is 1. The standard InChI is InChI=1S/C5H8N4O/c1-4(2-3-6)8-9-5(7)10/h2H2,1H3,(H3,7,9,10). The van der Waals surface area contributed by atoms with E-state index >= 15 is 0 Å². The Balaban J connectivity index is 3.71. The Bertz CT molecular complexity index is 190. The molecule has 0 atom stereocenters. The van der Waals surface area contributed by atoms with Gasteiger partial charge in [0, 0.05) is 5.71 Å². The van der Waals surface area contributed by atoms with Crippen molar-refractivity contribution in [1.29, 1.82) is 5.26 Å². The number of carbonyl (C=O) groups is 1. The molecule has 0 rings (SSSR count). The molecular weight excluding hydrogens is 132 g/mol. The third kappa shape index (κ3) is 4.59. The Hall–Kier alpha value is -1.57. The Kier molecular flexibility index (Phi) is 3.64. The fourth-order valence-electron chi connectivity index (χ4n) is 0.304. The number of nitrogens with zero attached hydrogens (tertiary/aromatic N) is 2. The van der Waals surface area contributed by atoms with Crippen molar-refractivity contribution in [2.75, 3.05) is 0 Å². The number of nitrogens with one attached hydrogen (secondary N) is 1. The second-order valence-corrected chi connectivity index (χ2v) is 1.66. The molecule has 10 heavy (non-hydrogen) atoms. The van der Waals surface area contributed by atoms with Crippen LogP contribution in [0.5, 0.6) is 0 Å². The molecule has 3 N–H and O–H groups in total. The van der Waals surface area contributed by atoms with Crippen molar-refractivity contribution in [3.8, 4) is 6.07 Å². The summed E-state index contributed by atoms with van der Waals surface area (Å²) in [4.78, 5) is 10.0. The fraction of sp³-hybridized carbons (Fsp3) is 0.400. The van der Waals surface area contributed by atoms with Gasteiger partial charge in [-0.2, -0.15) is 10.4 Å². The van der Waals surface area contributed by atoms with Crippen LogP contribution in [0.1, 0.15) is 13.3 Å². The first kappa shape index (κ1) is 8.43. The molecule has 0 aromatic rings. The van der Waals surface area contributed by atoms with E-state index < -0.39 is 6.03 Å². The molecule has 0 aromatic carbocycles. The first-order valence-corrected chi connectivity index (χ1v) is 2.62. The maximum atomic E-state index is 10.0. The smallest absolute Gasteiger partial charge is 0.332 e. The van der Waals surface area contributed by atoms with Crippen LogP contribution in [-0.4, -0.2) is 11.7 Å². The van der Waals surface area contributed by atoms with Gasteiger partial charge in [0.05, 0.1) is 12.5 Å². The second-order valence-electron chi connectivity index (χ2n) is 1.66. The maximum absolute atomic E-state index is 10.0. The molecule has 2 amide bonds. The highest BCUT2D eigenvalue weighted by Crippen LogP contribution is 1.79. The highest BCUT2D eigenvalue weighted by atomic mass is 16.2. The SMILES string of the molecule is CC(CC#N)=NNC(N)=O. The molecule has 5 heteroatoms. The number of amides is 2. The maximum Gasteiger partial charge on any atom is 0.332 e. The van der Waals surface area contributed by atoms with Gasteiger partial charge in [0.25, 0.3) is 0 Å². The molecule has 5 nitrogen and oxygen atoms in total. The fourth-order valence-corrected chi connectivity index (χ4v) is 0.304. The van der Waals surface area contributed by atoms with Crippen LogP contribution in [0.4, 0.5) is 4.79 Å². The predicted octanol–water partition coefficient (Wildman–Crippen LogP) is -0.0557.